The van der Waals surface area contributed by atoms with Crippen molar-refractivity contribution in [3.8, 4) is 0 Å². The number of halogens is 2. The van der Waals surface area contributed by atoms with Crippen LogP contribution in [0.2, 0.25) is 10.0 Å². The van der Waals surface area contributed by atoms with Crippen LogP contribution in [-0.4, -0.2) is 19.0 Å². The molecule has 17 heavy (non-hydrogen) atoms. The average Bonchev–Trinajstić information content (AvgIpc) is 2.34. The first kappa shape index (κ1) is 12.7. The molecule has 1 aromatic carbocycles. The Morgan fingerprint density at radius 2 is 2.24 bits per heavy atom. The van der Waals surface area contributed by atoms with Crippen molar-refractivity contribution in [1.82, 2.24) is 5.32 Å². The number of nitrogens with one attached hydrogen (secondary N) is 2. The highest BCUT2D eigenvalue weighted by atomic mass is 35.5. The third-order valence-corrected chi connectivity index (χ3v) is 3.40. The average molecular weight is 273 g/mol. The molecular formula is C12H14Cl2N2O. The Bertz CT molecular complexity index is 417. The molecule has 2 rings (SSSR count). The van der Waals surface area contributed by atoms with Gasteiger partial charge in [0.1, 0.15) is 0 Å². The van der Waals surface area contributed by atoms with Crippen LogP contribution in [0, 0.1) is 5.92 Å². The Hall–Kier alpha value is -0.770. The quantitative estimate of drug-likeness (QED) is 0.869. The lowest BCUT2D eigenvalue weighted by Crippen LogP contribution is -2.37. The molecule has 1 aliphatic rings. The van der Waals surface area contributed by atoms with E-state index in [-0.39, 0.29) is 11.8 Å². The Morgan fingerprint density at radius 3 is 2.88 bits per heavy atom. The van der Waals surface area contributed by atoms with Crippen LogP contribution in [0.15, 0.2) is 18.2 Å². The zero-order valence-electron chi connectivity index (χ0n) is 9.30. The minimum Gasteiger partial charge on any atom is -0.324 e. The molecule has 0 spiro atoms. The number of amides is 1. The molecular weight excluding hydrogens is 259 g/mol. The maximum absolute atomic E-state index is 12.0. The van der Waals surface area contributed by atoms with E-state index in [0.717, 1.165) is 25.9 Å². The van der Waals surface area contributed by atoms with Gasteiger partial charge in [0.2, 0.25) is 5.91 Å². The summed E-state index contributed by atoms with van der Waals surface area (Å²) in [6.07, 6.45) is 1.95. The summed E-state index contributed by atoms with van der Waals surface area (Å²) in [4.78, 5) is 12.0. The van der Waals surface area contributed by atoms with Crippen molar-refractivity contribution in [2.24, 2.45) is 5.92 Å². The fraction of sp³-hybridized carbons (Fsp3) is 0.417. The molecule has 0 aromatic heterocycles. The van der Waals surface area contributed by atoms with Crippen molar-refractivity contribution in [2.45, 2.75) is 12.8 Å². The summed E-state index contributed by atoms with van der Waals surface area (Å²) in [5, 5.41) is 7.08. The molecule has 0 saturated carbocycles. The van der Waals surface area contributed by atoms with E-state index in [1.54, 1.807) is 18.2 Å². The number of anilines is 1. The summed E-state index contributed by atoms with van der Waals surface area (Å²) in [5.74, 6) is 0.0388. The monoisotopic (exact) mass is 272 g/mol. The molecule has 1 aliphatic heterocycles. The van der Waals surface area contributed by atoms with Gasteiger partial charge in [-0.3, -0.25) is 4.79 Å². The van der Waals surface area contributed by atoms with Gasteiger partial charge < -0.3 is 10.6 Å². The van der Waals surface area contributed by atoms with Gasteiger partial charge in [-0.1, -0.05) is 23.2 Å². The first-order valence-corrected chi connectivity index (χ1v) is 6.39. The van der Waals surface area contributed by atoms with Crippen molar-refractivity contribution in [2.75, 3.05) is 18.4 Å². The van der Waals surface area contributed by atoms with Gasteiger partial charge in [-0.15, -0.1) is 0 Å². The molecule has 1 atom stereocenters. The second-order valence-corrected chi connectivity index (χ2v) is 5.00. The molecule has 1 aromatic rings. The SMILES string of the molecule is O=C(Nc1ccc(Cl)cc1Cl)[C@@H]1CCCNC1. The van der Waals surface area contributed by atoms with Gasteiger partial charge >= 0.3 is 0 Å². The first-order valence-electron chi connectivity index (χ1n) is 5.63. The van der Waals surface area contributed by atoms with Crippen molar-refractivity contribution in [1.29, 1.82) is 0 Å². The van der Waals surface area contributed by atoms with Crippen LogP contribution in [0.25, 0.3) is 0 Å². The fourth-order valence-electron chi connectivity index (χ4n) is 1.90. The van der Waals surface area contributed by atoms with Crippen molar-refractivity contribution in [3.63, 3.8) is 0 Å². The summed E-state index contributed by atoms with van der Waals surface area (Å²) in [6, 6.07) is 5.05. The zero-order chi connectivity index (χ0) is 12.3. The van der Waals surface area contributed by atoms with Crippen LogP contribution in [0.5, 0.6) is 0 Å². The molecule has 3 nitrogen and oxygen atoms in total. The molecule has 1 saturated heterocycles. The Kier molecular flexibility index (Phi) is 4.26. The summed E-state index contributed by atoms with van der Waals surface area (Å²) in [7, 11) is 0. The standard InChI is InChI=1S/C12H14Cl2N2O/c13-9-3-4-11(10(14)6-9)16-12(17)8-2-1-5-15-7-8/h3-4,6,8,15H,1-2,5,7H2,(H,16,17)/t8-/m1/s1. The lowest BCUT2D eigenvalue weighted by atomic mass is 9.99. The number of rotatable bonds is 2. The minimum absolute atomic E-state index is 0.0152. The normalized spacial score (nSPS) is 20.0. The van der Waals surface area contributed by atoms with Gasteiger partial charge in [0.25, 0.3) is 0 Å². The Balaban J connectivity index is 2.02. The van der Waals surface area contributed by atoms with Crippen molar-refractivity contribution in [3.05, 3.63) is 28.2 Å². The van der Waals surface area contributed by atoms with Crippen LogP contribution in [0.3, 0.4) is 0 Å². The molecule has 0 bridgehead atoms. The molecule has 0 unspecified atom stereocenters. The van der Waals surface area contributed by atoms with E-state index in [1.165, 1.54) is 0 Å². The molecule has 2 N–H and O–H groups in total. The summed E-state index contributed by atoms with van der Waals surface area (Å²) in [5.41, 5.74) is 0.617. The van der Waals surface area contributed by atoms with E-state index in [2.05, 4.69) is 10.6 Å². The smallest absolute Gasteiger partial charge is 0.228 e. The van der Waals surface area contributed by atoms with E-state index in [9.17, 15) is 4.79 Å². The van der Waals surface area contributed by atoms with Crippen LogP contribution in [0.1, 0.15) is 12.8 Å². The number of carbonyl (C=O) groups is 1. The summed E-state index contributed by atoms with van der Waals surface area (Å²) >= 11 is 11.8. The topological polar surface area (TPSA) is 41.1 Å². The minimum atomic E-state index is 0.0152. The first-order chi connectivity index (χ1) is 8.16. The molecule has 1 heterocycles. The highest BCUT2D eigenvalue weighted by Gasteiger charge is 2.21. The molecule has 92 valence electrons. The zero-order valence-corrected chi connectivity index (χ0v) is 10.8. The number of hydrogen-bond acceptors (Lipinski definition) is 2. The van der Waals surface area contributed by atoms with Gasteiger partial charge in [0.05, 0.1) is 16.6 Å². The van der Waals surface area contributed by atoms with E-state index >= 15 is 0 Å². The Morgan fingerprint density at radius 1 is 1.41 bits per heavy atom. The maximum Gasteiger partial charge on any atom is 0.228 e. The molecule has 0 radical (unpaired) electrons. The van der Waals surface area contributed by atoms with Gasteiger partial charge in [-0.25, -0.2) is 0 Å². The van der Waals surface area contributed by atoms with Gasteiger partial charge in [-0.2, -0.15) is 0 Å². The van der Waals surface area contributed by atoms with Gasteiger partial charge in [-0.05, 0) is 37.6 Å². The number of piperidine rings is 1. The molecule has 0 aliphatic carbocycles. The predicted octanol–water partition coefficient (Wildman–Crippen LogP) is 2.93. The lowest BCUT2D eigenvalue weighted by molar-refractivity contribution is -0.120. The second-order valence-electron chi connectivity index (χ2n) is 4.16. The summed E-state index contributed by atoms with van der Waals surface area (Å²) < 4.78 is 0. The van der Waals surface area contributed by atoms with E-state index in [0.29, 0.717) is 15.7 Å². The third-order valence-electron chi connectivity index (χ3n) is 2.86. The van der Waals surface area contributed by atoms with E-state index in [1.807, 2.05) is 0 Å². The third kappa shape index (κ3) is 3.35. The largest absolute Gasteiger partial charge is 0.324 e. The maximum atomic E-state index is 12.0. The highest BCUT2D eigenvalue weighted by molar-refractivity contribution is 6.36. The predicted molar refractivity (Wildman–Crippen MR) is 70.7 cm³/mol. The van der Waals surface area contributed by atoms with E-state index in [4.69, 9.17) is 23.2 Å². The summed E-state index contributed by atoms with van der Waals surface area (Å²) in [6.45, 7) is 1.72. The second kappa shape index (κ2) is 5.71. The number of hydrogen-bond donors (Lipinski definition) is 2. The number of carbonyl (C=O) groups excluding carboxylic acids is 1. The Labute approximate surface area is 110 Å². The van der Waals surface area contributed by atoms with Crippen LogP contribution >= 0.6 is 23.2 Å². The van der Waals surface area contributed by atoms with Gasteiger partial charge in [0, 0.05) is 11.6 Å². The van der Waals surface area contributed by atoms with Crippen LogP contribution < -0.4 is 10.6 Å². The molecule has 1 fully saturated rings. The fourth-order valence-corrected chi connectivity index (χ4v) is 2.36. The lowest BCUT2D eigenvalue weighted by Gasteiger charge is -2.22. The van der Waals surface area contributed by atoms with E-state index < -0.39 is 0 Å². The van der Waals surface area contributed by atoms with Crippen LogP contribution in [0.4, 0.5) is 5.69 Å². The highest BCUT2D eigenvalue weighted by Crippen LogP contribution is 2.26. The van der Waals surface area contributed by atoms with Crippen molar-refractivity contribution < 1.29 is 4.79 Å². The molecule has 1 amide bonds. The number of benzene rings is 1. The van der Waals surface area contributed by atoms with Crippen molar-refractivity contribution >= 4 is 34.8 Å². The van der Waals surface area contributed by atoms with Gasteiger partial charge in [0.15, 0.2) is 0 Å². The molecule has 5 heteroatoms. The van der Waals surface area contributed by atoms with Crippen LogP contribution in [-0.2, 0) is 4.79 Å².